The van der Waals surface area contributed by atoms with Crippen molar-refractivity contribution in [3.63, 3.8) is 0 Å². The second-order valence-electron chi connectivity index (χ2n) is 5.60. The summed E-state index contributed by atoms with van der Waals surface area (Å²) in [6.45, 7) is 0.443. The highest BCUT2D eigenvalue weighted by Crippen LogP contribution is 2.25. The Labute approximate surface area is 151 Å². The molecule has 8 heteroatoms. The Bertz CT molecular complexity index is 867. The normalized spacial score (nSPS) is 17.8. The predicted octanol–water partition coefficient (Wildman–Crippen LogP) is 2.43. The van der Waals surface area contributed by atoms with Crippen LogP contribution in [0.15, 0.2) is 53.4 Å². The monoisotopic (exact) mass is 380 g/mol. The maximum Gasteiger partial charge on any atom is 0.245 e. The molecule has 1 amide bonds. The molecule has 2 aromatic carbocycles. The van der Waals surface area contributed by atoms with Gasteiger partial charge in [-0.1, -0.05) is 11.6 Å². The molecular formula is C17H17ClN2O4S. The molecule has 0 bridgehead atoms. The number of ether oxygens (including phenoxy) is 1. The summed E-state index contributed by atoms with van der Waals surface area (Å²) in [4.78, 5) is 14.2. The first kappa shape index (κ1) is 17.7. The quantitative estimate of drug-likeness (QED) is 0.864. The summed E-state index contributed by atoms with van der Waals surface area (Å²) in [5.41, 5.74) is 0.707. The Morgan fingerprint density at radius 1 is 1.12 bits per heavy atom. The van der Waals surface area contributed by atoms with Crippen molar-refractivity contribution in [2.24, 2.45) is 0 Å². The van der Waals surface area contributed by atoms with Gasteiger partial charge in [0.15, 0.2) is 0 Å². The van der Waals surface area contributed by atoms with Crippen LogP contribution in [0.25, 0.3) is 0 Å². The van der Waals surface area contributed by atoms with E-state index in [1.165, 1.54) is 24.3 Å². The van der Waals surface area contributed by atoms with Gasteiger partial charge in [-0.15, -0.1) is 0 Å². The fourth-order valence-electron chi connectivity index (χ4n) is 2.68. The van der Waals surface area contributed by atoms with Crippen LogP contribution >= 0.6 is 11.6 Å². The average Bonchev–Trinajstić information content (AvgIpc) is 2.95. The average molecular weight is 381 g/mol. The largest absolute Gasteiger partial charge is 0.497 e. The van der Waals surface area contributed by atoms with Gasteiger partial charge in [-0.2, -0.15) is 4.72 Å². The third kappa shape index (κ3) is 3.78. The van der Waals surface area contributed by atoms with Gasteiger partial charge >= 0.3 is 0 Å². The fourth-order valence-corrected chi connectivity index (χ4v) is 4.03. The SMILES string of the molecule is COc1ccc(N2CC[C@H](NS(=O)(=O)c3ccc(Cl)cc3)C2=O)cc1. The second-order valence-corrected chi connectivity index (χ2v) is 7.75. The van der Waals surface area contributed by atoms with Gasteiger partial charge < -0.3 is 9.64 Å². The highest BCUT2D eigenvalue weighted by Gasteiger charge is 2.35. The van der Waals surface area contributed by atoms with E-state index in [0.29, 0.717) is 29.4 Å². The van der Waals surface area contributed by atoms with Crippen LogP contribution in [0.1, 0.15) is 6.42 Å². The van der Waals surface area contributed by atoms with Gasteiger partial charge in [-0.3, -0.25) is 4.79 Å². The number of sulfonamides is 1. The van der Waals surface area contributed by atoms with E-state index in [9.17, 15) is 13.2 Å². The van der Waals surface area contributed by atoms with Crippen molar-refractivity contribution in [2.45, 2.75) is 17.4 Å². The lowest BCUT2D eigenvalue weighted by molar-refractivity contribution is -0.118. The van der Waals surface area contributed by atoms with E-state index >= 15 is 0 Å². The molecule has 0 spiro atoms. The number of rotatable bonds is 5. The summed E-state index contributed by atoms with van der Waals surface area (Å²) in [6.07, 6.45) is 0.400. The summed E-state index contributed by atoms with van der Waals surface area (Å²) in [5.74, 6) is 0.415. The lowest BCUT2D eigenvalue weighted by Crippen LogP contribution is -2.41. The number of hydrogen-bond acceptors (Lipinski definition) is 4. The maximum absolute atomic E-state index is 12.6. The zero-order chi connectivity index (χ0) is 18.0. The van der Waals surface area contributed by atoms with E-state index in [4.69, 9.17) is 16.3 Å². The molecule has 0 unspecified atom stereocenters. The van der Waals surface area contributed by atoms with E-state index in [0.717, 1.165) is 0 Å². The molecule has 0 saturated carbocycles. The van der Waals surface area contributed by atoms with Crippen molar-refractivity contribution in [3.05, 3.63) is 53.6 Å². The molecule has 1 heterocycles. The van der Waals surface area contributed by atoms with Gasteiger partial charge in [-0.05, 0) is 55.0 Å². The van der Waals surface area contributed by atoms with Crippen LogP contribution in [0.5, 0.6) is 5.75 Å². The number of methoxy groups -OCH3 is 1. The molecule has 6 nitrogen and oxygen atoms in total. The van der Waals surface area contributed by atoms with Gasteiger partial charge in [0.1, 0.15) is 11.8 Å². The number of halogens is 1. The molecule has 1 atom stereocenters. The van der Waals surface area contributed by atoms with E-state index in [1.54, 1.807) is 36.3 Å². The number of hydrogen-bond donors (Lipinski definition) is 1. The molecule has 2 aromatic rings. The summed E-state index contributed by atoms with van der Waals surface area (Å²) >= 11 is 5.78. The molecule has 0 aromatic heterocycles. The first-order valence-electron chi connectivity index (χ1n) is 7.64. The molecule has 25 heavy (non-hydrogen) atoms. The number of carbonyl (C=O) groups excluding carboxylic acids is 1. The zero-order valence-electron chi connectivity index (χ0n) is 13.5. The lowest BCUT2D eigenvalue weighted by atomic mass is 10.2. The highest BCUT2D eigenvalue weighted by atomic mass is 35.5. The van der Waals surface area contributed by atoms with Crippen LogP contribution in [-0.2, 0) is 14.8 Å². The minimum atomic E-state index is -3.79. The minimum absolute atomic E-state index is 0.0765. The molecule has 1 N–H and O–H groups in total. The van der Waals surface area contributed by atoms with Gasteiger partial charge in [0.05, 0.1) is 12.0 Å². The van der Waals surface area contributed by atoms with Crippen LogP contribution in [0.4, 0.5) is 5.69 Å². The number of anilines is 1. The lowest BCUT2D eigenvalue weighted by Gasteiger charge is -2.17. The van der Waals surface area contributed by atoms with Crippen molar-refractivity contribution >= 4 is 33.2 Å². The van der Waals surface area contributed by atoms with Gasteiger partial charge in [0, 0.05) is 17.3 Å². The van der Waals surface area contributed by atoms with Crippen LogP contribution in [-0.4, -0.2) is 34.0 Å². The van der Waals surface area contributed by atoms with Crippen LogP contribution in [0, 0.1) is 0 Å². The second kappa shape index (κ2) is 7.03. The van der Waals surface area contributed by atoms with Crippen LogP contribution in [0.2, 0.25) is 5.02 Å². The molecule has 1 aliphatic heterocycles. The number of amides is 1. The molecule has 1 fully saturated rings. The predicted molar refractivity (Wildman–Crippen MR) is 95.5 cm³/mol. The summed E-state index contributed by atoms with van der Waals surface area (Å²) in [5, 5.41) is 0.446. The van der Waals surface area contributed by atoms with E-state index in [1.807, 2.05) is 0 Å². The Hall–Kier alpha value is -2.09. The summed E-state index contributed by atoms with van der Waals surface area (Å²) in [6, 6.07) is 12.1. The standard InChI is InChI=1S/C17H17ClN2O4S/c1-24-14-6-4-13(5-7-14)20-11-10-16(17(20)21)19-25(22,23)15-8-2-12(18)3-9-15/h2-9,16,19H,10-11H2,1H3/t16-/m0/s1. The van der Waals surface area contributed by atoms with Crippen molar-refractivity contribution in [1.82, 2.24) is 4.72 Å². The third-order valence-electron chi connectivity index (χ3n) is 4.01. The van der Waals surface area contributed by atoms with Gasteiger partial charge in [0.25, 0.3) is 0 Å². The Balaban J connectivity index is 1.74. The summed E-state index contributed by atoms with van der Waals surface area (Å²) < 4.78 is 32.4. The maximum atomic E-state index is 12.6. The van der Waals surface area contributed by atoms with Crippen molar-refractivity contribution in [2.75, 3.05) is 18.6 Å². The van der Waals surface area contributed by atoms with Gasteiger partial charge in [0.2, 0.25) is 15.9 Å². The number of benzene rings is 2. The van der Waals surface area contributed by atoms with Crippen LogP contribution in [0.3, 0.4) is 0 Å². The molecular weight excluding hydrogens is 364 g/mol. The molecule has 1 saturated heterocycles. The topological polar surface area (TPSA) is 75.7 Å². The number of nitrogens with one attached hydrogen (secondary N) is 1. The Morgan fingerprint density at radius 2 is 1.76 bits per heavy atom. The highest BCUT2D eigenvalue weighted by molar-refractivity contribution is 7.89. The first-order chi connectivity index (χ1) is 11.9. The van der Waals surface area contributed by atoms with E-state index in [2.05, 4.69) is 4.72 Å². The van der Waals surface area contributed by atoms with Crippen molar-refractivity contribution < 1.29 is 17.9 Å². The zero-order valence-corrected chi connectivity index (χ0v) is 15.0. The number of carbonyl (C=O) groups is 1. The van der Waals surface area contributed by atoms with Gasteiger partial charge in [-0.25, -0.2) is 8.42 Å². The Kier molecular flexibility index (Phi) is 4.99. The molecule has 132 valence electrons. The minimum Gasteiger partial charge on any atom is -0.497 e. The molecule has 0 aliphatic carbocycles. The fraction of sp³-hybridized carbons (Fsp3) is 0.235. The molecule has 1 aliphatic rings. The van der Waals surface area contributed by atoms with Crippen molar-refractivity contribution in [3.8, 4) is 5.75 Å². The van der Waals surface area contributed by atoms with E-state index < -0.39 is 16.1 Å². The van der Waals surface area contributed by atoms with Crippen LogP contribution < -0.4 is 14.4 Å². The van der Waals surface area contributed by atoms with E-state index in [-0.39, 0.29) is 10.8 Å². The Morgan fingerprint density at radius 3 is 2.36 bits per heavy atom. The summed E-state index contributed by atoms with van der Waals surface area (Å²) in [7, 11) is -2.22. The number of nitrogens with zero attached hydrogens (tertiary/aromatic N) is 1. The third-order valence-corrected chi connectivity index (χ3v) is 5.75. The van der Waals surface area contributed by atoms with Crippen molar-refractivity contribution in [1.29, 1.82) is 0 Å². The molecule has 0 radical (unpaired) electrons. The molecule has 3 rings (SSSR count). The smallest absolute Gasteiger partial charge is 0.245 e. The first-order valence-corrected chi connectivity index (χ1v) is 9.50.